The first-order valence-corrected chi connectivity index (χ1v) is 7.47. The van der Waals surface area contributed by atoms with E-state index in [1.54, 1.807) is 18.9 Å². The molecule has 0 aliphatic heterocycles. The molecular formula is C16H18N2O2S. The molecule has 2 rings (SSSR count). The van der Waals surface area contributed by atoms with Crippen LogP contribution in [0.1, 0.15) is 16.7 Å². The molecule has 4 nitrogen and oxygen atoms in total. The lowest BCUT2D eigenvalue weighted by molar-refractivity contribution is 0.318. The predicted molar refractivity (Wildman–Crippen MR) is 86.2 cm³/mol. The molecule has 3 N–H and O–H groups in total. The summed E-state index contributed by atoms with van der Waals surface area (Å²) in [5.74, 6) is 1.85. The molecule has 0 unspecified atom stereocenters. The third-order valence-corrected chi connectivity index (χ3v) is 4.30. The minimum Gasteiger partial charge on any atom is -0.496 e. The van der Waals surface area contributed by atoms with Crippen molar-refractivity contribution >= 4 is 17.6 Å². The lowest BCUT2D eigenvalue weighted by Gasteiger charge is -2.10. The van der Waals surface area contributed by atoms with Crippen molar-refractivity contribution in [2.75, 3.05) is 7.11 Å². The third kappa shape index (κ3) is 3.70. The van der Waals surface area contributed by atoms with Crippen LogP contribution in [0.15, 0.2) is 52.5 Å². The van der Waals surface area contributed by atoms with Crippen molar-refractivity contribution in [2.45, 2.75) is 17.6 Å². The van der Waals surface area contributed by atoms with Crippen LogP contribution in [0.5, 0.6) is 5.75 Å². The number of benzene rings is 2. The van der Waals surface area contributed by atoms with Gasteiger partial charge in [-0.1, -0.05) is 29.4 Å². The number of methoxy groups -OCH3 is 1. The Kier molecular flexibility index (Phi) is 5.11. The van der Waals surface area contributed by atoms with E-state index in [1.165, 1.54) is 5.56 Å². The summed E-state index contributed by atoms with van der Waals surface area (Å²) >= 11 is 1.72. The van der Waals surface area contributed by atoms with E-state index in [1.807, 2.05) is 49.4 Å². The maximum absolute atomic E-state index is 8.70. The van der Waals surface area contributed by atoms with E-state index in [0.717, 1.165) is 27.5 Å². The van der Waals surface area contributed by atoms with E-state index < -0.39 is 0 Å². The molecule has 2 aromatic rings. The number of hydrogen-bond acceptors (Lipinski definition) is 4. The van der Waals surface area contributed by atoms with E-state index >= 15 is 0 Å². The molecule has 0 amide bonds. The van der Waals surface area contributed by atoms with Crippen LogP contribution in [0.4, 0.5) is 0 Å². The fourth-order valence-electron chi connectivity index (χ4n) is 1.97. The van der Waals surface area contributed by atoms with Crippen LogP contribution in [-0.2, 0) is 5.75 Å². The van der Waals surface area contributed by atoms with Gasteiger partial charge in [-0.05, 0) is 36.2 Å². The van der Waals surface area contributed by atoms with Gasteiger partial charge in [0.05, 0.1) is 7.11 Å². The number of amidine groups is 1. The molecule has 0 atom stereocenters. The normalized spacial score (nSPS) is 11.4. The van der Waals surface area contributed by atoms with Gasteiger partial charge < -0.3 is 15.7 Å². The number of hydrogen-bond donors (Lipinski definition) is 2. The molecule has 0 saturated heterocycles. The fraction of sp³-hybridized carbons (Fsp3) is 0.188. The Morgan fingerprint density at radius 1 is 1.29 bits per heavy atom. The first kappa shape index (κ1) is 15.3. The van der Waals surface area contributed by atoms with Crippen molar-refractivity contribution in [1.82, 2.24) is 0 Å². The molecule has 0 saturated carbocycles. The van der Waals surface area contributed by atoms with E-state index in [2.05, 4.69) is 5.16 Å². The molecule has 0 heterocycles. The smallest absolute Gasteiger partial charge is 0.170 e. The first-order valence-electron chi connectivity index (χ1n) is 6.49. The maximum Gasteiger partial charge on any atom is 0.170 e. The van der Waals surface area contributed by atoms with Crippen LogP contribution in [0, 0.1) is 6.92 Å². The molecule has 5 heteroatoms. The number of thioether (sulfide) groups is 1. The van der Waals surface area contributed by atoms with Crippen molar-refractivity contribution in [2.24, 2.45) is 10.9 Å². The first-order chi connectivity index (χ1) is 10.2. The summed E-state index contributed by atoms with van der Waals surface area (Å²) in [5.41, 5.74) is 8.64. The Morgan fingerprint density at radius 3 is 2.71 bits per heavy atom. The summed E-state index contributed by atoms with van der Waals surface area (Å²) in [7, 11) is 1.68. The zero-order chi connectivity index (χ0) is 15.2. The summed E-state index contributed by atoms with van der Waals surface area (Å²) in [6, 6.07) is 13.7. The molecule has 110 valence electrons. The van der Waals surface area contributed by atoms with E-state index in [0.29, 0.717) is 0 Å². The number of rotatable bonds is 5. The van der Waals surface area contributed by atoms with Crippen LogP contribution in [0.25, 0.3) is 0 Å². The average molecular weight is 302 g/mol. The minimum atomic E-state index is 0.127. The number of ether oxygens (including phenoxy) is 1. The Bertz CT molecular complexity index is 656. The second kappa shape index (κ2) is 7.04. The van der Waals surface area contributed by atoms with Crippen LogP contribution in [0.3, 0.4) is 0 Å². The topological polar surface area (TPSA) is 67.8 Å². The van der Waals surface area contributed by atoms with Gasteiger partial charge in [-0.2, -0.15) is 0 Å². The van der Waals surface area contributed by atoms with Crippen molar-refractivity contribution in [3.05, 3.63) is 59.2 Å². The highest BCUT2D eigenvalue weighted by Crippen LogP contribution is 2.31. The van der Waals surface area contributed by atoms with Gasteiger partial charge >= 0.3 is 0 Å². The van der Waals surface area contributed by atoms with Crippen LogP contribution >= 0.6 is 11.8 Å². The zero-order valence-corrected chi connectivity index (χ0v) is 12.9. The van der Waals surface area contributed by atoms with Gasteiger partial charge in [-0.25, -0.2) is 0 Å². The molecule has 0 fully saturated rings. The third-order valence-electron chi connectivity index (χ3n) is 3.20. The second-order valence-electron chi connectivity index (χ2n) is 4.57. The summed E-state index contributed by atoms with van der Waals surface area (Å²) in [4.78, 5) is 1.11. The number of aryl methyl sites for hydroxylation is 1. The SMILES string of the molecule is COc1ccccc1SCc1ccc(/C(N)=N/O)cc1C. The van der Waals surface area contributed by atoms with Crippen molar-refractivity contribution in [3.63, 3.8) is 0 Å². The Labute approximate surface area is 128 Å². The molecule has 0 spiro atoms. The quantitative estimate of drug-likeness (QED) is 0.292. The highest BCUT2D eigenvalue weighted by atomic mass is 32.2. The monoisotopic (exact) mass is 302 g/mol. The highest BCUT2D eigenvalue weighted by molar-refractivity contribution is 7.98. The Balaban J connectivity index is 2.14. The van der Waals surface area contributed by atoms with Gasteiger partial charge in [0.15, 0.2) is 5.84 Å². The minimum absolute atomic E-state index is 0.127. The van der Waals surface area contributed by atoms with Gasteiger partial charge in [0.1, 0.15) is 5.75 Å². The van der Waals surface area contributed by atoms with Crippen LogP contribution < -0.4 is 10.5 Å². The van der Waals surface area contributed by atoms with Crippen LogP contribution in [-0.4, -0.2) is 18.2 Å². The van der Waals surface area contributed by atoms with E-state index in [9.17, 15) is 0 Å². The molecule has 21 heavy (non-hydrogen) atoms. The predicted octanol–water partition coefficient (Wildman–Crippen LogP) is 3.39. The van der Waals surface area contributed by atoms with E-state index in [4.69, 9.17) is 15.7 Å². The largest absolute Gasteiger partial charge is 0.496 e. The highest BCUT2D eigenvalue weighted by Gasteiger charge is 2.06. The zero-order valence-electron chi connectivity index (χ0n) is 12.0. The standard InChI is InChI=1S/C16H18N2O2S/c1-11-9-12(16(17)18-19)7-8-13(11)10-21-15-6-4-3-5-14(15)20-2/h3-9,19H,10H2,1-2H3,(H2,17,18). The number of nitrogens with zero attached hydrogens (tertiary/aromatic N) is 1. The summed E-state index contributed by atoms with van der Waals surface area (Å²) in [6.45, 7) is 2.02. The summed E-state index contributed by atoms with van der Waals surface area (Å²) in [5, 5.41) is 11.7. The lowest BCUT2D eigenvalue weighted by Crippen LogP contribution is -2.13. The average Bonchev–Trinajstić information content (AvgIpc) is 2.53. The number of oxime groups is 1. The van der Waals surface area contributed by atoms with Crippen molar-refractivity contribution in [1.29, 1.82) is 0 Å². The number of nitrogens with two attached hydrogens (primary N) is 1. The van der Waals surface area contributed by atoms with Crippen molar-refractivity contribution < 1.29 is 9.94 Å². The second-order valence-corrected chi connectivity index (χ2v) is 5.58. The summed E-state index contributed by atoms with van der Waals surface area (Å²) < 4.78 is 5.35. The molecular weight excluding hydrogens is 284 g/mol. The molecule has 0 aliphatic carbocycles. The molecule has 0 aliphatic rings. The van der Waals surface area contributed by atoms with E-state index in [-0.39, 0.29) is 5.84 Å². The van der Waals surface area contributed by atoms with Gasteiger partial charge in [-0.3, -0.25) is 0 Å². The van der Waals surface area contributed by atoms with Gasteiger partial charge in [0, 0.05) is 16.2 Å². The molecule has 0 radical (unpaired) electrons. The molecule has 0 aromatic heterocycles. The van der Waals surface area contributed by atoms with Gasteiger partial charge in [0.2, 0.25) is 0 Å². The fourth-order valence-corrected chi connectivity index (χ4v) is 3.07. The maximum atomic E-state index is 8.70. The molecule has 0 bridgehead atoms. The number of para-hydroxylation sites is 1. The van der Waals surface area contributed by atoms with Gasteiger partial charge in [0.25, 0.3) is 0 Å². The van der Waals surface area contributed by atoms with Gasteiger partial charge in [-0.15, -0.1) is 11.8 Å². The lowest BCUT2D eigenvalue weighted by atomic mass is 10.1. The van der Waals surface area contributed by atoms with Crippen LogP contribution in [0.2, 0.25) is 0 Å². The Morgan fingerprint density at radius 2 is 2.05 bits per heavy atom. The van der Waals surface area contributed by atoms with Crippen molar-refractivity contribution in [3.8, 4) is 5.75 Å². The summed E-state index contributed by atoms with van der Waals surface area (Å²) in [6.07, 6.45) is 0. The Hall–Kier alpha value is -2.14. The molecule has 2 aromatic carbocycles.